The highest BCUT2D eigenvalue weighted by Crippen LogP contribution is 2.38. The van der Waals surface area contributed by atoms with Crippen LogP contribution in [0.3, 0.4) is 0 Å². The van der Waals surface area contributed by atoms with Crippen molar-refractivity contribution in [3.8, 4) is 0 Å². The second-order valence-electron chi connectivity index (χ2n) is 4.17. The topological polar surface area (TPSA) is 60.4 Å². The molecule has 0 radical (unpaired) electrons. The zero-order valence-electron chi connectivity index (χ0n) is 7.94. The molecule has 5 heteroatoms. The molecule has 1 atom stereocenters. The van der Waals surface area contributed by atoms with Gasteiger partial charge < -0.3 is 9.53 Å². The molecule has 1 unspecified atom stereocenters. The van der Waals surface area contributed by atoms with Gasteiger partial charge in [0.15, 0.2) is 9.84 Å². The minimum Gasteiger partial charge on any atom is -0.364 e. The molecule has 2 heterocycles. The van der Waals surface area contributed by atoms with Gasteiger partial charge in [-0.25, -0.2) is 8.42 Å². The maximum atomic E-state index is 11.2. The predicted octanol–water partition coefficient (Wildman–Crippen LogP) is 0.312. The molecule has 0 saturated carbocycles. The van der Waals surface area contributed by atoms with Gasteiger partial charge in [0.05, 0.1) is 17.1 Å². The van der Waals surface area contributed by atoms with Crippen molar-refractivity contribution in [2.45, 2.75) is 37.4 Å². The molecular formula is C9H14O4S. The van der Waals surface area contributed by atoms with E-state index in [9.17, 15) is 13.2 Å². The quantitative estimate of drug-likeness (QED) is 0.594. The lowest BCUT2D eigenvalue weighted by molar-refractivity contribution is -0.123. The molecule has 80 valence electrons. The minimum atomic E-state index is -2.84. The van der Waals surface area contributed by atoms with E-state index in [1.165, 1.54) is 0 Å². The molecule has 4 nitrogen and oxygen atoms in total. The second kappa shape index (κ2) is 3.31. The average Bonchev–Trinajstić information content (AvgIpc) is 2.56. The van der Waals surface area contributed by atoms with Gasteiger partial charge in [-0.2, -0.15) is 0 Å². The Kier molecular flexibility index (Phi) is 2.39. The number of sulfone groups is 1. The molecule has 0 bridgehead atoms. The Bertz CT molecular complexity index is 319. The van der Waals surface area contributed by atoms with Crippen molar-refractivity contribution in [1.29, 1.82) is 0 Å². The number of carbonyl (C=O) groups is 1. The van der Waals surface area contributed by atoms with E-state index in [1.807, 2.05) is 0 Å². The number of ether oxygens (including phenoxy) is 1. The van der Waals surface area contributed by atoms with Gasteiger partial charge >= 0.3 is 0 Å². The van der Waals surface area contributed by atoms with Crippen molar-refractivity contribution in [2.75, 3.05) is 11.5 Å². The summed E-state index contributed by atoms with van der Waals surface area (Å²) in [6, 6.07) is 0. The van der Waals surface area contributed by atoms with Crippen LogP contribution in [0, 0.1) is 0 Å². The summed E-state index contributed by atoms with van der Waals surface area (Å²) >= 11 is 0. The average molecular weight is 218 g/mol. The van der Waals surface area contributed by atoms with Gasteiger partial charge in [-0.1, -0.05) is 0 Å². The third-order valence-electron chi connectivity index (χ3n) is 3.17. The van der Waals surface area contributed by atoms with Crippen LogP contribution in [0.1, 0.15) is 25.7 Å². The monoisotopic (exact) mass is 218 g/mol. The molecule has 1 spiro atoms. The number of aldehydes is 1. The van der Waals surface area contributed by atoms with E-state index in [0.29, 0.717) is 12.8 Å². The molecule has 0 amide bonds. The van der Waals surface area contributed by atoms with Crippen molar-refractivity contribution < 1.29 is 17.9 Å². The van der Waals surface area contributed by atoms with Crippen LogP contribution >= 0.6 is 0 Å². The summed E-state index contributed by atoms with van der Waals surface area (Å²) in [6.07, 6.45) is 3.18. The maximum absolute atomic E-state index is 11.2. The van der Waals surface area contributed by atoms with E-state index in [2.05, 4.69) is 0 Å². The van der Waals surface area contributed by atoms with E-state index in [1.54, 1.807) is 0 Å². The zero-order valence-corrected chi connectivity index (χ0v) is 8.76. The molecule has 0 N–H and O–H groups in total. The molecule has 0 aliphatic carbocycles. The Morgan fingerprint density at radius 2 is 1.86 bits per heavy atom. The van der Waals surface area contributed by atoms with Crippen molar-refractivity contribution >= 4 is 16.1 Å². The molecule has 0 aromatic rings. The van der Waals surface area contributed by atoms with Gasteiger partial charge in [-0.3, -0.25) is 0 Å². The Labute approximate surface area is 83.5 Å². The Morgan fingerprint density at radius 1 is 1.21 bits per heavy atom. The summed E-state index contributed by atoms with van der Waals surface area (Å²) in [7, 11) is -2.84. The number of carbonyl (C=O) groups excluding carboxylic acids is 1. The van der Waals surface area contributed by atoms with Gasteiger partial charge in [-0.05, 0) is 25.7 Å². The van der Waals surface area contributed by atoms with Crippen molar-refractivity contribution in [3.05, 3.63) is 0 Å². The Hall–Kier alpha value is -0.420. The van der Waals surface area contributed by atoms with E-state index in [0.717, 1.165) is 19.1 Å². The zero-order chi connectivity index (χ0) is 10.2. The fourth-order valence-electron chi connectivity index (χ4n) is 2.22. The Balaban J connectivity index is 2.04. The highest BCUT2D eigenvalue weighted by atomic mass is 32.2. The smallest absolute Gasteiger partial charge is 0.150 e. The van der Waals surface area contributed by atoms with E-state index >= 15 is 0 Å². The summed E-state index contributed by atoms with van der Waals surface area (Å²) in [5, 5.41) is 0. The maximum Gasteiger partial charge on any atom is 0.150 e. The highest BCUT2D eigenvalue weighted by molar-refractivity contribution is 7.91. The highest BCUT2D eigenvalue weighted by Gasteiger charge is 2.43. The molecular weight excluding hydrogens is 204 g/mol. The molecule has 14 heavy (non-hydrogen) atoms. The van der Waals surface area contributed by atoms with Gasteiger partial charge in [0, 0.05) is 0 Å². The van der Waals surface area contributed by atoms with Gasteiger partial charge in [-0.15, -0.1) is 0 Å². The lowest BCUT2D eigenvalue weighted by atomic mass is 9.93. The third kappa shape index (κ3) is 1.83. The first kappa shape index (κ1) is 10.1. The second-order valence-corrected chi connectivity index (χ2v) is 6.47. The molecule has 2 fully saturated rings. The van der Waals surface area contributed by atoms with Crippen LogP contribution < -0.4 is 0 Å². The van der Waals surface area contributed by atoms with Crippen LogP contribution in [0.2, 0.25) is 0 Å². The first-order valence-corrected chi connectivity index (χ1v) is 6.71. The summed E-state index contributed by atoms with van der Waals surface area (Å²) in [6.45, 7) is 0. The van der Waals surface area contributed by atoms with Crippen molar-refractivity contribution in [2.24, 2.45) is 0 Å². The number of hydrogen-bond acceptors (Lipinski definition) is 4. The molecule has 2 aliphatic rings. The standard InChI is InChI=1S/C9H14O4S/c10-7-8-1-2-9(13-8)3-5-14(11,12)6-4-9/h7-8H,1-6H2. The first-order valence-electron chi connectivity index (χ1n) is 4.89. The third-order valence-corrected chi connectivity index (χ3v) is 4.83. The van der Waals surface area contributed by atoms with Crippen LogP contribution in [0.4, 0.5) is 0 Å². The summed E-state index contributed by atoms with van der Waals surface area (Å²) in [4.78, 5) is 10.5. The van der Waals surface area contributed by atoms with Crippen molar-refractivity contribution in [3.63, 3.8) is 0 Å². The van der Waals surface area contributed by atoms with Crippen LogP contribution in [-0.4, -0.2) is 37.9 Å². The molecule has 0 aromatic carbocycles. The van der Waals surface area contributed by atoms with E-state index in [-0.39, 0.29) is 23.2 Å². The normalized spacial score (nSPS) is 34.4. The fraction of sp³-hybridized carbons (Fsp3) is 0.889. The largest absolute Gasteiger partial charge is 0.364 e. The lowest BCUT2D eigenvalue weighted by Gasteiger charge is -2.32. The van der Waals surface area contributed by atoms with Crippen LogP contribution in [0.5, 0.6) is 0 Å². The summed E-state index contributed by atoms with van der Waals surface area (Å²) in [5.74, 6) is 0.414. The molecule has 0 aromatic heterocycles. The van der Waals surface area contributed by atoms with Gasteiger partial charge in [0.1, 0.15) is 12.4 Å². The van der Waals surface area contributed by atoms with E-state index in [4.69, 9.17) is 4.74 Å². The number of rotatable bonds is 1. The fourth-order valence-corrected chi connectivity index (χ4v) is 3.79. The van der Waals surface area contributed by atoms with Crippen molar-refractivity contribution in [1.82, 2.24) is 0 Å². The van der Waals surface area contributed by atoms with E-state index < -0.39 is 9.84 Å². The first-order chi connectivity index (χ1) is 6.55. The van der Waals surface area contributed by atoms with Crippen LogP contribution in [0.15, 0.2) is 0 Å². The lowest BCUT2D eigenvalue weighted by Crippen LogP contribution is -2.39. The minimum absolute atomic E-state index is 0.207. The number of hydrogen-bond donors (Lipinski definition) is 0. The molecule has 2 aliphatic heterocycles. The summed E-state index contributed by atoms with van der Waals surface area (Å²) in [5.41, 5.74) is -0.309. The van der Waals surface area contributed by atoms with Gasteiger partial charge in [0.2, 0.25) is 0 Å². The Morgan fingerprint density at radius 3 is 2.36 bits per heavy atom. The van der Waals surface area contributed by atoms with Gasteiger partial charge in [0.25, 0.3) is 0 Å². The van der Waals surface area contributed by atoms with Crippen LogP contribution in [0.25, 0.3) is 0 Å². The van der Waals surface area contributed by atoms with Crippen LogP contribution in [-0.2, 0) is 19.4 Å². The summed E-state index contributed by atoms with van der Waals surface area (Å²) < 4.78 is 28.0. The molecule has 2 saturated heterocycles. The molecule has 2 rings (SSSR count). The SMILES string of the molecule is O=CC1CCC2(CCS(=O)(=O)CC2)O1. The predicted molar refractivity (Wildman–Crippen MR) is 50.8 cm³/mol.